The van der Waals surface area contributed by atoms with E-state index in [2.05, 4.69) is 4.74 Å². The van der Waals surface area contributed by atoms with E-state index in [9.17, 15) is 9.59 Å². The lowest BCUT2D eigenvalue weighted by Crippen LogP contribution is -2.39. The Morgan fingerprint density at radius 1 is 1.27 bits per heavy atom. The smallest absolute Gasteiger partial charge is 0.310 e. The molecule has 4 heteroatoms. The minimum atomic E-state index is -0.273. The molecular formula is C11H21NO3. The Balaban J connectivity index is 4.33. The molecule has 88 valence electrons. The molecule has 0 spiro atoms. The van der Waals surface area contributed by atoms with Gasteiger partial charge in [0.25, 0.3) is 0 Å². The van der Waals surface area contributed by atoms with Crippen molar-refractivity contribution < 1.29 is 14.3 Å². The molecule has 0 aromatic carbocycles. The summed E-state index contributed by atoms with van der Waals surface area (Å²) in [6.45, 7) is 8.44. The van der Waals surface area contributed by atoms with Crippen LogP contribution in [0.2, 0.25) is 0 Å². The van der Waals surface area contributed by atoms with Gasteiger partial charge in [0.1, 0.15) is 0 Å². The van der Waals surface area contributed by atoms with Crippen molar-refractivity contribution in [3.63, 3.8) is 0 Å². The van der Waals surface area contributed by atoms with Crippen molar-refractivity contribution in [2.75, 3.05) is 20.2 Å². The number of carbonyl (C=O) groups excluding carboxylic acids is 2. The molecule has 0 radical (unpaired) electrons. The van der Waals surface area contributed by atoms with E-state index in [4.69, 9.17) is 0 Å². The second-order valence-corrected chi connectivity index (χ2v) is 3.96. The third kappa shape index (κ3) is 4.32. The van der Waals surface area contributed by atoms with Gasteiger partial charge in [0.15, 0.2) is 0 Å². The number of esters is 1. The number of carbonyl (C=O) groups is 2. The van der Waals surface area contributed by atoms with Crippen molar-refractivity contribution in [1.82, 2.24) is 4.90 Å². The first-order valence-electron chi connectivity index (χ1n) is 5.30. The molecule has 0 rings (SSSR count). The van der Waals surface area contributed by atoms with Crippen molar-refractivity contribution in [1.29, 1.82) is 0 Å². The van der Waals surface area contributed by atoms with Gasteiger partial charge in [-0.3, -0.25) is 9.59 Å². The molecule has 0 aliphatic heterocycles. The van der Waals surface area contributed by atoms with Crippen LogP contribution in [0.4, 0.5) is 0 Å². The van der Waals surface area contributed by atoms with Gasteiger partial charge in [0, 0.05) is 19.0 Å². The van der Waals surface area contributed by atoms with Gasteiger partial charge in [-0.25, -0.2) is 0 Å². The molecule has 0 fully saturated rings. The van der Waals surface area contributed by atoms with Gasteiger partial charge in [-0.05, 0) is 6.92 Å². The summed E-state index contributed by atoms with van der Waals surface area (Å²) in [5, 5.41) is 0. The zero-order valence-corrected chi connectivity index (χ0v) is 10.2. The second-order valence-electron chi connectivity index (χ2n) is 3.96. The molecule has 1 amide bonds. The van der Waals surface area contributed by atoms with Gasteiger partial charge in [-0.2, -0.15) is 0 Å². The van der Waals surface area contributed by atoms with Gasteiger partial charge in [-0.15, -0.1) is 0 Å². The van der Waals surface area contributed by atoms with E-state index in [1.807, 2.05) is 20.8 Å². The van der Waals surface area contributed by atoms with Crippen molar-refractivity contribution in [2.45, 2.75) is 27.7 Å². The third-order valence-corrected chi connectivity index (χ3v) is 2.29. The fraction of sp³-hybridized carbons (Fsp3) is 0.818. The lowest BCUT2D eigenvalue weighted by atomic mass is 10.1. The third-order valence-electron chi connectivity index (χ3n) is 2.29. The number of rotatable bonds is 5. The minimum Gasteiger partial charge on any atom is -0.469 e. The average Bonchev–Trinajstić information content (AvgIpc) is 2.22. The number of methoxy groups -OCH3 is 1. The summed E-state index contributed by atoms with van der Waals surface area (Å²) in [4.78, 5) is 24.6. The normalized spacial score (nSPS) is 12.4. The van der Waals surface area contributed by atoms with Gasteiger partial charge in [-0.1, -0.05) is 20.8 Å². The van der Waals surface area contributed by atoms with E-state index in [1.165, 1.54) is 7.11 Å². The molecule has 0 aliphatic carbocycles. The van der Waals surface area contributed by atoms with E-state index < -0.39 is 0 Å². The SMILES string of the molecule is CCN(CC(C)C(=O)OC)C(=O)C(C)C. The highest BCUT2D eigenvalue weighted by Crippen LogP contribution is 2.06. The Kier molecular flexibility index (Phi) is 5.97. The molecule has 15 heavy (non-hydrogen) atoms. The van der Waals surface area contributed by atoms with E-state index in [-0.39, 0.29) is 23.7 Å². The first kappa shape index (κ1) is 13.9. The van der Waals surface area contributed by atoms with Crippen LogP contribution < -0.4 is 0 Å². The molecule has 0 aliphatic rings. The largest absolute Gasteiger partial charge is 0.469 e. The Labute approximate surface area is 91.6 Å². The molecule has 1 unspecified atom stereocenters. The van der Waals surface area contributed by atoms with Crippen LogP contribution in [-0.4, -0.2) is 37.0 Å². The molecule has 0 aromatic heterocycles. The fourth-order valence-electron chi connectivity index (χ4n) is 1.35. The van der Waals surface area contributed by atoms with Crippen LogP contribution in [0.25, 0.3) is 0 Å². The highest BCUT2D eigenvalue weighted by atomic mass is 16.5. The maximum absolute atomic E-state index is 11.7. The molecule has 1 atom stereocenters. The van der Waals surface area contributed by atoms with E-state index >= 15 is 0 Å². The number of nitrogens with zero attached hydrogens (tertiary/aromatic N) is 1. The Morgan fingerprint density at radius 2 is 1.80 bits per heavy atom. The maximum atomic E-state index is 11.7. The van der Waals surface area contributed by atoms with E-state index in [0.717, 1.165) is 0 Å². The highest BCUT2D eigenvalue weighted by molar-refractivity contribution is 5.79. The zero-order chi connectivity index (χ0) is 12.0. The molecule has 0 saturated heterocycles. The van der Waals surface area contributed by atoms with E-state index in [0.29, 0.717) is 13.1 Å². The molecule has 0 heterocycles. The lowest BCUT2D eigenvalue weighted by molar-refractivity contribution is -0.146. The predicted octanol–water partition coefficient (Wildman–Crippen LogP) is 1.30. The summed E-state index contributed by atoms with van der Waals surface area (Å²) in [7, 11) is 1.36. The quantitative estimate of drug-likeness (QED) is 0.649. The van der Waals surface area contributed by atoms with E-state index in [1.54, 1.807) is 11.8 Å². The molecular weight excluding hydrogens is 194 g/mol. The van der Waals surface area contributed by atoms with Gasteiger partial charge < -0.3 is 9.64 Å². The lowest BCUT2D eigenvalue weighted by Gasteiger charge is -2.25. The average molecular weight is 215 g/mol. The molecule has 0 N–H and O–H groups in total. The molecule has 0 aromatic rings. The van der Waals surface area contributed by atoms with Crippen LogP contribution in [0.5, 0.6) is 0 Å². The van der Waals surface area contributed by atoms with Gasteiger partial charge in [0.2, 0.25) is 5.91 Å². The molecule has 4 nitrogen and oxygen atoms in total. The van der Waals surface area contributed by atoms with Gasteiger partial charge >= 0.3 is 5.97 Å². The van der Waals surface area contributed by atoms with Crippen molar-refractivity contribution in [3.05, 3.63) is 0 Å². The zero-order valence-electron chi connectivity index (χ0n) is 10.2. The fourth-order valence-corrected chi connectivity index (χ4v) is 1.35. The van der Waals surface area contributed by atoms with Crippen LogP contribution in [-0.2, 0) is 14.3 Å². The predicted molar refractivity (Wildman–Crippen MR) is 58.3 cm³/mol. The number of ether oxygens (including phenoxy) is 1. The molecule has 0 bridgehead atoms. The topological polar surface area (TPSA) is 46.6 Å². The van der Waals surface area contributed by atoms with Crippen LogP contribution in [0.1, 0.15) is 27.7 Å². The number of hydrogen-bond donors (Lipinski definition) is 0. The van der Waals surface area contributed by atoms with Crippen LogP contribution in [0, 0.1) is 11.8 Å². The van der Waals surface area contributed by atoms with Crippen molar-refractivity contribution in [3.8, 4) is 0 Å². The Morgan fingerprint density at radius 3 is 2.13 bits per heavy atom. The summed E-state index contributed by atoms with van der Waals surface area (Å²) in [5.41, 5.74) is 0. The number of hydrogen-bond acceptors (Lipinski definition) is 3. The van der Waals surface area contributed by atoms with Crippen molar-refractivity contribution in [2.24, 2.45) is 11.8 Å². The highest BCUT2D eigenvalue weighted by Gasteiger charge is 2.21. The molecule has 0 saturated carbocycles. The summed E-state index contributed by atoms with van der Waals surface area (Å²) in [5.74, 6) is -0.495. The monoisotopic (exact) mass is 215 g/mol. The first-order valence-corrected chi connectivity index (χ1v) is 5.30. The Hall–Kier alpha value is -1.06. The summed E-state index contributed by atoms with van der Waals surface area (Å²) in [6, 6.07) is 0. The minimum absolute atomic E-state index is 0.0326. The summed E-state index contributed by atoms with van der Waals surface area (Å²) in [6.07, 6.45) is 0. The second kappa shape index (κ2) is 6.43. The maximum Gasteiger partial charge on any atom is 0.310 e. The van der Waals surface area contributed by atoms with Crippen LogP contribution >= 0.6 is 0 Å². The first-order chi connectivity index (χ1) is 6.93. The summed E-state index contributed by atoms with van der Waals surface area (Å²) >= 11 is 0. The van der Waals surface area contributed by atoms with Crippen LogP contribution in [0.15, 0.2) is 0 Å². The standard InChI is InChI=1S/C11H21NO3/c1-6-12(10(13)8(2)3)7-9(4)11(14)15-5/h8-9H,6-7H2,1-5H3. The van der Waals surface area contributed by atoms with Gasteiger partial charge in [0.05, 0.1) is 13.0 Å². The Bertz CT molecular complexity index is 226. The number of amides is 1. The van der Waals surface area contributed by atoms with Crippen molar-refractivity contribution >= 4 is 11.9 Å². The van der Waals surface area contributed by atoms with Crippen LogP contribution in [0.3, 0.4) is 0 Å². The summed E-state index contributed by atoms with van der Waals surface area (Å²) < 4.78 is 4.62.